The molecule has 235 valence electrons. The van der Waals surface area contributed by atoms with Crippen LogP contribution in [0.5, 0.6) is 0 Å². The van der Waals surface area contributed by atoms with Crippen molar-refractivity contribution in [2.75, 3.05) is 0 Å². The van der Waals surface area contributed by atoms with Crippen LogP contribution in [-0.4, -0.2) is 20.9 Å². The average Bonchev–Trinajstić information content (AvgIpc) is 3.47. The molecule has 0 aliphatic carbocycles. The number of rotatable bonds is 8. The number of benzene rings is 4. The van der Waals surface area contributed by atoms with E-state index in [1.165, 1.54) is 6.08 Å². The molecule has 1 N–H and O–H groups in total. The third-order valence-electron chi connectivity index (χ3n) is 9.72. The number of aromatic nitrogens is 2. The first-order valence-corrected chi connectivity index (χ1v) is 15.6. The second kappa shape index (κ2) is 14.1. The number of ketones is 1. The Morgan fingerprint density at radius 3 is 2.04 bits per heavy atom. The Morgan fingerprint density at radius 1 is 0.800 bits per heavy atom. The Morgan fingerprint density at radius 2 is 1.40 bits per heavy atom. The molecule has 1 radical (unpaired) electrons. The number of nitrogens with zero attached hydrogens (tertiary/aromatic N) is 2. The molecular formula is C39H41IrN2O3-. The molecule has 0 saturated heterocycles. The maximum absolute atomic E-state index is 12.2. The van der Waals surface area contributed by atoms with E-state index in [0.717, 1.165) is 74.8 Å². The molecule has 6 aromatic rings. The van der Waals surface area contributed by atoms with Crippen LogP contribution in [0.1, 0.15) is 67.2 Å². The van der Waals surface area contributed by atoms with Crippen molar-refractivity contribution in [3.8, 4) is 11.3 Å². The summed E-state index contributed by atoms with van der Waals surface area (Å²) in [4.78, 5) is 21.2. The smallest absolute Gasteiger partial charge is 0.221 e. The molecule has 2 aromatic heterocycles. The van der Waals surface area contributed by atoms with Gasteiger partial charge >= 0.3 is 0 Å². The Kier molecular flexibility index (Phi) is 10.6. The van der Waals surface area contributed by atoms with Gasteiger partial charge in [0.25, 0.3) is 0 Å². The van der Waals surface area contributed by atoms with E-state index in [9.17, 15) is 9.90 Å². The number of carbonyl (C=O) groups excluding carboxylic acids is 1. The van der Waals surface area contributed by atoms with Crippen LogP contribution in [0, 0.1) is 16.9 Å². The van der Waals surface area contributed by atoms with Crippen molar-refractivity contribution in [3.05, 3.63) is 97.0 Å². The molecule has 0 unspecified atom stereocenters. The van der Waals surface area contributed by atoms with Gasteiger partial charge in [0.1, 0.15) is 17.7 Å². The number of furan rings is 1. The fourth-order valence-corrected chi connectivity index (χ4v) is 5.57. The van der Waals surface area contributed by atoms with Crippen molar-refractivity contribution in [2.24, 2.45) is 10.8 Å². The monoisotopic (exact) mass is 778 g/mol. The van der Waals surface area contributed by atoms with Crippen molar-refractivity contribution >= 4 is 49.4 Å². The molecule has 0 atom stereocenters. The summed E-state index contributed by atoms with van der Waals surface area (Å²) in [5.74, 6) is 0.286. The second-order valence-electron chi connectivity index (χ2n) is 12.0. The standard InChI is InChI=1S/C24H13N2O.C15H28O2.Ir/c1-3-9-17-15(6-1)8-5-11-19(17)22-21-20-13-12-16-7-2-4-10-18(16)23(20)27-24(21)26-14-25-22;1-7-14(5,8-2)12(16)11-13(17)15(6,9-3)10-4;/h1-10,12-14H;11,16H,7-10H2,1-6H3;/q-1;;/b;12-11-;. The maximum Gasteiger partial charge on any atom is 0.221 e. The minimum atomic E-state index is -0.337. The molecule has 0 saturated carbocycles. The van der Waals surface area contributed by atoms with Crippen LogP contribution in [0.15, 0.2) is 95.4 Å². The SMILES string of the molecule is CCC(C)(CC)C(=O)/C=C(\O)C(C)(CC)CC.[Ir].[c-]1ccc2ccccc2c1-c1ncnc2oc3c4ccccc4ccc3c12. The van der Waals surface area contributed by atoms with Gasteiger partial charge in [-0.15, -0.1) is 29.1 Å². The summed E-state index contributed by atoms with van der Waals surface area (Å²) in [6.07, 6.45) is 6.32. The molecule has 5 nitrogen and oxygen atoms in total. The van der Waals surface area contributed by atoms with Crippen LogP contribution in [-0.2, 0) is 24.9 Å². The predicted octanol–water partition coefficient (Wildman–Crippen LogP) is 10.8. The van der Waals surface area contributed by atoms with E-state index in [4.69, 9.17) is 4.42 Å². The molecule has 45 heavy (non-hydrogen) atoms. The zero-order chi connectivity index (χ0) is 31.5. The van der Waals surface area contributed by atoms with E-state index in [2.05, 4.69) is 58.5 Å². The van der Waals surface area contributed by atoms with Crippen LogP contribution in [0.25, 0.3) is 54.9 Å². The first-order valence-electron chi connectivity index (χ1n) is 15.6. The third-order valence-corrected chi connectivity index (χ3v) is 9.72. The summed E-state index contributed by atoms with van der Waals surface area (Å²) in [7, 11) is 0. The first-order chi connectivity index (χ1) is 21.2. The molecule has 0 fully saturated rings. The Balaban J connectivity index is 0.000000226. The number of carbonyl (C=O) groups is 1. The van der Waals surface area contributed by atoms with Crippen LogP contribution in [0.4, 0.5) is 0 Å². The summed E-state index contributed by atoms with van der Waals surface area (Å²) >= 11 is 0. The van der Waals surface area contributed by atoms with E-state index >= 15 is 0 Å². The molecular weight excluding hydrogens is 737 g/mol. The molecule has 0 aliphatic heterocycles. The van der Waals surface area contributed by atoms with E-state index in [0.29, 0.717) is 5.71 Å². The van der Waals surface area contributed by atoms with Crippen LogP contribution < -0.4 is 0 Å². The van der Waals surface area contributed by atoms with Crippen molar-refractivity contribution in [1.29, 1.82) is 0 Å². The Bertz CT molecular complexity index is 1980. The fraction of sp³-hybridized carbons (Fsp3) is 0.308. The van der Waals surface area contributed by atoms with Gasteiger partial charge < -0.3 is 9.52 Å². The quantitative estimate of drug-likeness (QED) is 0.0946. The van der Waals surface area contributed by atoms with Gasteiger partial charge in [0.05, 0.1) is 0 Å². The van der Waals surface area contributed by atoms with Gasteiger partial charge in [-0.05, 0) is 31.1 Å². The van der Waals surface area contributed by atoms with E-state index in [1.54, 1.807) is 6.33 Å². The number of hydrogen-bond donors (Lipinski definition) is 1. The molecule has 0 amide bonds. The van der Waals surface area contributed by atoms with Crippen molar-refractivity contribution < 1.29 is 34.4 Å². The minimum Gasteiger partial charge on any atom is -0.512 e. The second-order valence-corrected chi connectivity index (χ2v) is 12.0. The van der Waals surface area contributed by atoms with Gasteiger partial charge in [-0.25, -0.2) is 4.98 Å². The Labute approximate surface area is 279 Å². The van der Waals surface area contributed by atoms with Gasteiger partial charge in [-0.2, -0.15) is 0 Å². The predicted molar refractivity (Wildman–Crippen MR) is 182 cm³/mol. The van der Waals surface area contributed by atoms with E-state index < -0.39 is 0 Å². The van der Waals surface area contributed by atoms with Crippen LogP contribution >= 0.6 is 0 Å². The molecule has 0 aliphatic rings. The van der Waals surface area contributed by atoms with E-state index in [-0.39, 0.29) is 42.5 Å². The summed E-state index contributed by atoms with van der Waals surface area (Å²) in [6, 6.07) is 28.1. The molecule has 6 rings (SSSR count). The van der Waals surface area contributed by atoms with Gasteiger partial charge in [0, 0.05) is 58.9 Å². The van der Waals surface area contributed by atoms with Crippen molar-refractivity contribution in [1.82, 2.24) is 9.97 Å². The topological polar surface area (TPSA) is 76.2 Å². The fourth-order valence-electron chi connectivity index (χ4n) is 5.57. The summed E-state index contributed by atoms with van der Waals surface area (Å²) in [6.45, 7) is 12.1. The minimum absolute atomic E-state index is 0. The van der Waals surface area contributed by atoms with Crippen LogP contribution in [0.3, 0.4) is 0 Å². The molecule has 2 heterocycles. The maximum atomic E-state index is 12.2. The summed E-state index contributed by atoms with van der Waals surface area (Å²) < 4.78 is 6.17. The average molecular weight is 778 g/mol. The Hall–Kier alpha value is -3.86. The van der Waals surface area contributed by atoms with Crippen molar-refractivity contribution in [3.63, 3.8) is 0 Å². The molecule has 6 heteroatoms. The zero-order valence-corrected chi connectivity index (χ0v) is 29.3. The first kappa shape index (κ1) is 34.0. The third kappa shape index (κ3) is 6.45. The number of aliphatic hydroxyl groups excluding tert-OH is 1. The number of allylic oxidation sites excluding steroid dienone is 2. The number of aliphatic hydroxyl groups is 1. The van der Waals surface area contributed by atoms with Crippen molar-refractivity contribution in [2.45, 2.75) is 67.2 Å². The molecule has 0 bridgehead atoms. The van der Waals surface area contributed by atoms with Gasteiger partial charge in [-0.1, -0.05) is 108 Å². The largest absolute Gasteiger partial charge is 0.512 e. The normalized spacial score (nSPS) is 12.3. The summed E-state index contributed by atoms with van der Waals surface area (Å²) in [5, 5.41) is 16.6. The number of hydrogen-bond acceptors (Lipinski definition) is 5. The van der Waals surface area contributed by atoms with Crippen LogP contribution in [0.2, 0.25) is 0 Å². The van der Waals surface area contributed by atoms with E-state index in [1.807, 2.05) is 71.9 Å². The summed E-state index contributed by atoms with van der Waals surface area (Å²) in [5.41, 5.74) is 2.67. The zero-order valence-electron chi connectivity index (χ0n) is 26.9. The van der Waals surface area contributed by atoms with Gasteiger partial charge in [0.2, 0.25) is 5.71 Å². The molecule has 4 aromatic carbocycles. The van der Waals surface area contributed by atoms with Gasteiger partial charge in [0.15, 0.2) is 5.78 Å². The molecule has 0 spiro atoms. The number of fused-ring (bicyclic) bond motifs is 6. The van der Waals surface area contributed by atoms with Gasteiger partial charge in [-0.3, -0.25) is 9.78 Å².